The third kappa shape index (κ3) is 2.24. The third-order valence-corrected chi connectivity index (χ3v) is 6.11. The molecule has 8 heteroatoms. The number of nitrogens with one attached hydrogen (secondary N) is 2. The molecular weight excluding hydrogens is 314 g/mol. The van der Waals surface area contributed by atoms with Gasteiger partial charge in [0.2, 0.25) is 0 Å². The molecule has 0 amide bonds. The van der Waals surface area contributed by atoms with Crippen LogP contribution in [0.5, 0.6) is 0 Å². The van der Waals surface area contributed by atoms with Crippen LogP contribution in [-0.2, 0) is 4.74 Å². The molecule has 1 aromatic rings. The third-order valence-electron chi connectivity index (χ3n) is 5.20. The van der Waals surface area contributed by atoms with Crippen molar-refractivity contribution in [1.29, 1.82) is 0 Å². The van der Waals surface area contributed by atoms with Crippen molar-refractivity contribution in [1.82, 2.24) is 9.88 Å². The molecule has 5 aliphatic heterocycles. The zero-order valence-corrected chi connectivity index (χ0v) is 13.5. The van der Waals surface area contributed by atoms with E-state index >= 15 is 0 Å². The van der Waals surface area contributed by atoms with E-state index in [4.69, 9.17) is 4.74 Å². The summed E-state index contributed by atoms with van der Waals surface area (Å²) in [5.74, 6) is 0.611. The molecule has 3 saturated heterocycles. The molecule has 0 saturated carbocycles. The summed E-state index contributed by atoms with van der Waals surface area (Å²) in [6.45, 7) is 4.10. The molecule has 3 fully saturated rings. The number of hydrogen-bond acceptors (Lipinski definition) is 8. The number of thiazole rings is 1. The number of aliphatic hydroxyl groups excluding tert-OH is 1. The van der Waals surface area contributed by atoms with E-state index in [-0.39, 0.29) is 5.60 Å². The van der Waals surface area contributed by atoms with E-state index in [2.05, 4.69) is 25.5 Å². The molecule has 6 heterocycles. The van der Waals surface area contributed by atoms with Crippen molar-refractivity contribution in [3.05, 3.63) is 11.8 Å². The zero-order valence-electron chi connectivity index (χ0n) is 12.7. The fourth-order valence-corrected chi connectivity index (χ4v) is 4.88. The summed E-state index contributed by atoms with van der Waals surface area (Å²) in [5, 5.41) is 17.4. The Morgan fingerprint density at radius 2 is 2.30 bits per heavy atom. The number of nitrogens with zero attached hydrogens (tertiary/aromatic N) is 3. The summed E-state index contributed by atoms with van der Waals surface area (Å²) in [6, 6.07) is 0.578. The number of amidine groups is 1. The Morgan fingerprint density at radius 3 is 3.09 bits per heavy atom. The van der Waals surface area contributed by atoms with Crippen LogP contribution in [0.15, 0.2) is 11.1 Å². The predicted molar refractivity (Wildman–Crippen MR) is 89.7 cm³/mol. The van der Waals surface area contributed by atoms with Crippen LogP contribution in [0.4, 0.5) is 10.1 Å². The number of hydrogen-bond donors (Lipinski definition) is 3. The lowest BCUT2D eigenvalue weighted by Crippen LogP contribution is -2.61. The summed E-state index contributed by atoms with van der Waals surface area (Å²) in [5.41, 5.74) is 0.697. The number of anilines is 2. The van der Waals surface area contributed by atoms with Crippen molar-refractivity contribution >= 4 is 33.6 Å². The number of ether oxygens (including phenoxy) is 1. The van der Waals surface area contributed by atoms with Crippen LogP contribution in [-0.4, -0.2) is 59.0 Å². The predicted octanol–water partition coefficient (Wildman–Crippen LogP) is 1.16. The van der Waals surface area contributed by atoms with E-state index in [1.807, 2.05) is 6.08 Å². The highest BCUT2D eigenvalue weighted by atomic mass is 32.1. The summed E-state index contributed by atoms with van der Waals surface area (Å²) in [6.07, 6.45) is 5.27. The monoisotopic (exact) mass is 333 g/mol. The van der Waals surface area contributed by atoms with Gasteiger partial charge in [-0.15, -0.1) is 0 Å². The van der Waals surface area contributed by atoms with E-state index in [1.165, 1.54) is 37.3 Å². The second-order valence-electron chi connectivity index (χ2n) is 6.65. The summed E-state index contributed by atoms with van der Waals surface area (Å²) in [4.78, 5) is 11.6. The minimum atomic E-state index is -0.647. The molecule has 2 bridgehead atoms. The molecule has 23 heavy (non-hydrogen) atoms. The second-order valence-corrected chi connectivity index (χ2v) is 7.64. The van der Waals surface area contributed by atoms with Crippen molar-refractivity contribution in [3.8, 4) is 0 Å². The highest BCUT2D eigenvalue weighted by Crippen LogP contribution is 2.41. The molecule has 0 aliphatic carbocycles. The summed E-state index contributed by atoms with van der Waals surface area (Å²) < 4.78 is 6.26. The SMILES string of the molecule is OC1C=Cc2nc(NC3=NC[C@@]4(CN5CCC4CC5)O3)sc2N1. The van der Waals surface area contributed by atoms with Gasteiger partial charge in [-0.05, 0) is 38.1 Å². The molecule has 2 atom stereocenters. The average Bonchev–Trinajstić information content (AvgIpc) is 3.12. The van der Waals surface area contributed by atoms with Crippen LogP contribution in [0, 0.1) is 5.92 Å². The highest BCUT2D eigenvalue weighted by Gasteiger charge is 2.51. The lowest BCUT2D eigenvalue weighted by molar-refractivity contribution is -0.0829. The van der Waals surface area contributed by atoms with Gasteiger partial charge in [0.05, 0.1) is 12.2 Å². The normalized spacial score (nSPS) is 37.3. The number of aliphatic hydroxyl groups is 1. The van der Waals surface area contributed by atoms with Crippen molar-refractivity contribution in [2.45, 2.75) is 24.7 Å². The maximum atomic E-state index is 9.58. The first kappa shape index (κ1) is 13.8. The standard InChI is InChI=1S/C15H19N5O2S/c21-11-2-1-10-12(18-11)23-14(17-10)19-13-16-7-15(22-13)8-20-5-3-9(15)4-6-20/h1-2,9,11,18,21H,3-8H2,(H,16,17,19)/t11?,15-/m0/s1. The Bertz CT molecular complexity index is 694. The van der Waals surface area contributed by atoms with Gasteiger partial charge in [-0.25, -0.2) is 9.98 Å². The van der Waals surface area contributed by atoms with Gasteiger partial charge in [-0.2, -0.15) is 0 Å². The number of rotatable bonds is 1. The molecule has 6 rings (SSSR count). The number of aliphatic imine (C=N–C) groups is 1. The highest BCUT2D eigenvalue weighted by molar-refractivity contribution is 7.19. The summed E-state index contributed by atoms with van der Waals surface area (Å²) in [7, 11) is 0. The smallest absolute Gasteiger partial charge is 0.291 e. The molecular formula is C15H19N5O2S. The Labute approximate surface area is 138 Å². The van der Waals surface area contributed by atoms with Crippen molar-refractivity contribution in [3.63, 3.8) is 0 Å². The largest absolute Gasteiger partial charge is 0.455 e. The minimum Gasteiger partial charge on any atom is -0.455 e. The Morgan fingerprint density at radius 1 is 1.43 bits per heavy atom. The number of aromatic nitrogens is 1. The maximum absolute atomic E-state index is 9.58. The van der Waals surface area contributed by atoms with Crippen LogP contribution in [0.1, 0.15) is 18.5 Å². The molecule has 1 spiro atoms. The molecule has 1 unspecified atom stereocenters. The topological polar surface area (TPSA) is 82.0 Å². The van der Waals surface area contributed by atoms with Crippen LogP contribution >= 0.6 is 11.3 Å². The van der Waals surface area contributed by atoms with Crippen molar-refractivity contribution in [2.75, 3.05) is 36.8 Å². The Hall–Kier alpha value is -1.64. The molecule has 3 N–H and O–H groups in total. The quantitative estimate of drug-likeness (QED) is 0.716. The molecule has 7 nitrogen and oxygen atoms in total. The minimum absolute atomic E-state index is 0.135. The van der Waals surface area contributed by atoms with Gasteiger partial charge in [0.1, 0.15) is 16.8 Å². The fourth-order valence-electron chi connectivity index (χ4n) is 4.01. The van der Waals surface area contributed by atoms with Crippen molar-refractivity contribution in [2.24, 2.45) is 10.9 Å². The van der Waals surface area contributed by atoms with Crippen LogP contribution in [0.3, 0.4) is 0 Å². The molecule has 122 valence electrons. The fraction of sp³-hybridized carbons (Fsp3) is 0.600. The molecule has 0 radical (unpaired) electrons. The lowest BCUT2D eigenvalue weighted by Gasteiger charge is -2.50. The maximum Gasteiger partial charge on any atom is 0.291 e. The first-order chi connectivity index (χ1) is 11.2. The average molecular weight is 333 g/mol. The van der Waals surface area contributed by atoms with Gasteiger partial charge in [-0.1, -0.05) is 11.3 Å². The van der Waals surface area contributed by atoms with Gasteiger partial charge in [0, 0.05) is 12.5 Å². The van der Waals surface area contributed by atoms with E-state index in [1.54, 1.807) is 6.08 Å². The van der Waals surface area contributed by atoms with E-state index in [0.29, 0.717) is 11.9 Å². The van der Waals surface area contributed by atoms with Crippen LogP contribution in [0.25, 0.3) is 6.08 Å². The molecule has 5 aliphatic rings. The van der Waals surface area contributed by atoms with Crippen molar-refractivity contribution < 1.29 is 9.84 Å². The zero-order chi connectivity index (χ0) is 15.4. The van der Waals surface area contributed by atoms with Gasteiger partial charge >= 0.3 is 0 Å². The van der Waals surface area contributed by atoms with E-state index < -0.39 is 6.23 Å². The number of fused-ring (bicyclic) bond motifs is 3. The van der Waals surface area contributed by atoms with Crippen LogP contribution in [0.2, 0.25) is 0 Å². The Kier molecular flexibility index (Phi) is 2.95. The second kappa shape index (κ2) is 4.93. The number of piperidine rings is 3. The molecule has 1 aromatic heterocycles. The van der Waals surface area contributed by atoms with E-state index in [9.17, 15) is 5.11 Å². The van der Waals surface area contributed by atoms with E-state index in [0.717, 1.165) is 28.9 Å². The molecule has 0 aromatic carbocycles. The van der Waals surface area contributed by atoms with Gasteiger partial charge in [0.25, 0.3) is 6.02 Å². The lowest BCUT2D eigenvalue weighted by atomic mass is 9.75. The first-order valence-corrected chi connectivity index (χ1v) is 8.88. The van der Waals surface area contributed by atoms with Gasteiger partial charge in [-0.3, -0.25) is 10.2 Å². The van der Waals surface area contributed by atoms with Crippen LogP contribution < -0.4 is 10.6 Å². The van der Waals surface area contributed by atoms with Gasteiger partial charge < -0.3 is 15.2 Å². The first-order valence-electron chi connectivity index (χ1n) is 8.07. The van der Waals surface area contributed by atoms with Gasteiger partial charge in [0.15, 0.2) is 5.13 Å². The summed E-state index contributed by atoms with van der Waals surface area (Å²) >= 11 is 1.46. The Balaban J connectivity index is 1.30.